The molecular formula is C20H20ClN3O3. The van der Waals surface area contributed by atoms with Gasteiger partial charge in [0, 0.05) is 23.7 Å². The Balaban J connectivity index is 1.53. The molecule has 0 unspecified atom stereocenters. The van der Waals surface area contributed by atoms with Crippen LogP contribution >= 0.6 is 11.6 Å². The second-order valence-electron chi connectivity index (χ2n) is 6.65. The Labute approximate surface area is 162 Å². The summed E-state index contributed by atoms with van der Waals surface area (Å²) in [5.74, 6) is 1.82. The lowest BCUT2D eigenvalue weighted by atomic mass is 10.1. The molecule has 0 aliphatic carbocycles. The zero-order valence-electron chi connectivity index (χ0n) is 14.9. The van der Waals surface area contributed by atoms with Crippen LogP contribution in [0, 0.1) is 0 Å². The van der Waals surface area contributed by atoms with E-state index in [0.29, 0.717) is 36.2 Å². The molecule has 3 aromatic rings. The summed E-state index contributed by atoms with van der Waals surface area (Å²) in [6.07, 6.45) is 0.149. The summed E-state index contributed by atoms with van der Waals surface area (Å²) in [7, 11) is 1.63. The number of benzene rings is 2. The number of ether oxygens (including phenoxy) is 1. The number of hydrogen-bond donors (Lipinski definition) is 1. The quantitative estimate of drug-likeness (QED) is 0.722. The first-order valence-electron chi connectivity index (χ1n) is 8.77. The molecule has 0 saturated carbocycles. The van der Waals surface area contributed by atoms with Gasteiger partial charge in [-0.05, 0) is 48.4 Å². The number of aliphatic hydroxyl groups is 1. The van der Waals surface area contributed by atoms with Crippen molar-refractivity contribution >= 4 is 11.6 Å². The summed E-state index contributed by atoms with van der Waals surface area (Å²) in [6.45, 7) is 1.24. The fourth-order valence-electron chi connectivity index (χ4n) is 3.36. The van der Waals surface area contributed by atoms with E-state index in [4.69, 9.17) is 20.9 Å². The molecule has 0 radical (unpaired) electrons. The highest BCUT2D eigenvalue weighted by Gasteiger charge is 2.35. The SMILES string of the molecule is COc1ccc(-c2noc([C@@H]3C[C@@H](O)CN3Cc3ccc(Cl)cc3)n2)cc1. The first-order valence-corrected chi connectivity index (χ1v) is 9.15. The standard InChI is InChI=1S/C20H20ClN3O3/c1-26-17-8-4-14(5-9-17)19-22-20(27-23-19)18-10-16(25)12-24(18)11-13-2-6-15(21)7-3-13/h2-9,16,18,25H,10-12H2,1H3/t16-,18+/m1/s1. The highest BCUT2D eigenvalue weighted by molar-refractivity contribution is 6.30. The molecule has 27 heavy (non-hydrogen) atoms. The van der Waals surface area contributed by atoms with Crippen LogP contribution in [0.5, 0.6) is 5.75 Å². The van der Waals surface area contributed by atoms with E-state index < -0.39 is 6.10 Å². The first kappa shape index (κ1) is 18.0. The summed E-state index contributed by atoms with van der Waals surface area (Å²) in [5.41, 5.74) is 1.97. The van der Waals surface area contributed by atoms with Gasteiger partial charge in [0.1, 0.15) is 5.75 Å². The van der Waals surface area contributed by atoms with Crippen LogP contribution in [-0.4, -0.2) is 39.9 Å². The molecule has 1 aliphatic heterocycles. The maximum atomic E-state index is 10.2. The lowest BCUT2D eigenvalue weighted by Crippen LogP contribution is -2.24. The second-order valence-corrected chi connectivity index (χ2v) is 7.08. The molecule has 2 aromatic carbocycles. The van der Waals surface area contributed by atoms with Crippen LogP contribution in [0.15, 0.2) is 53.1 Å². The zero-order chi connectivity index (χ0) is 18.8. The van der Waals surface area contributed by atoms with E-state index in [2.05, 4.69) is 15.0 Å². The number of hydrogen-bond acceptors (Lipinski definition) is 6. The largest absolute Gasteiger partial charge is 0.497 e. The number of nitrogens with zero attached hydrogens (tertiary/aromatic N) is 3. The number of β-amino-alcohol motifs (C(OH)–C–C–N with tert-alkyl or cyclic N) is 1. The van der Waals surface area contributed by atoms with Crippen molar-refractivity contribution in [1.82, 2.24) is 15.0 Å². The molecule has 0 amide bonds. The van der Waals surface area contributed by atoms with Gasteiger partial charge in [-0.2, -0.15) is 4.98 Å². The topological polar surface area (TPSA) is 71.6 Å². The third-order valence-electron chi connectivity index (χ3n) is 4.76. The van der Waals surface area contributed by atoms with E-state index in [-0.39, 0.29) is 6.04 Å². The Bertz CT molecular complexity index is 896. The molecule has 1 N–H and O–H groups in total. The normalized spacial score (nSPS) is 20.1. The average molecular weight is 386 g/mol. The molecule has 0 bridgehead atoms. The highest BCUT2D eigenvalue weighted by atomic mass is 35.5. The van der Waals surface area contributed by atoms with Crippen LogP contribution in [0.4, 0.5) is 0 Å². The molecule has 2 atom stereocenters. The maximum Gasteiger partial charge on any atom is 0.244 e. The predicted molar refractivity (Wildman–Crippen MR) is 102 cm³/mol. The summed E-state index contributed by atoms with van der Waals surface area (Å²) >= 11 is 5.96. The van der Waals surface area contributed by atoms with Crippen molar-refractivity contribution in [2.24, 2.45) is 0 Å². The Morgan fingerprint density at radius 1 is 1.19 bits per heavy atom. The minimum atomic E-state index is -0.418. The summed E-state index contributed by atoms with van der Waals surface area (Å²) in [5, 5.41) is 15.0. The van der Waals surface area contributed by atoms with Crippen LogP contribution in [0.2, 0.25) is 5.02 Å². The van der Waals surface area contributed by atoms with Gasteiger partial charge >= 0.3 is 0 Å². The molecule has 0 spiro atoms. The molecule has 7 heteroatoms. The van der Waals surface area contributed by atoms with Crippen molar-refractivity contribution in [3.8, 4) is 17.1 Å². The van der Waals surface area contributed by atoms with E-state index in [9.17, 15) is 5.11 Å². The van der Waals surface area contributed by atoms with Crippen LogP contribution in [-0.2, 0) is 6.54 Å². The van der Waals surface area contributed by atoms with E-state index in [1.165, 1.54) is 0 Å². The van der Waals surface area contributed by atoms with Gasteiger partial charge in [0.15, 0.2) is 0 Å². The molecule has 4 rings (SSSR count). The van der Waals surface area contributed by atoms with Crippen molar-refractivity contribution in [1.29, 1.82) is 0 Å². The van der Waals surface area contributed by atoms with Crippen molar-refractivity contribution in [2.75, 3.05) is 13.7 Å². The fourth-order valence-corrected chi connectivity index (χ4v) is 3.49. The molecule has 2 heterocycles. The summed E-state index contributed by atoms with van der Waals surface area (Å²) < 4.78 is 10.7. The lowest BCUT2D eigenvalue weighted by molar-refractivity contribution is 0.169. The lowest BCUT2D eigenvalue weighted by Gasteiger charge is -2.21. The number of likely N-dealkylation sites (tertiary alicyclic amines) is 1. The van der Waals surface area contributed by atoms with Crippen LogP contribution in [0.25, 0.3) is 11.4 Å². The first-order chi connectivity index (χ1) is 13.1. The highest BCUT2D eigenvalue weighted by Crippen LogP contribution is 2.33. The van der Waals surface area contributed by atoms with Crippen molar-refractivity contribution in [2.45, 2.75) is 25.1 Å². The van der Waals surface area contributed by atoms with Gasteiger partial charge in [-0.1, -0.05) is 28.9 Å². The Morgan fingerprint density at radius 3 is 2.63 bits per heavy atom. The Kier molecular flexibility index (Phi) is 5.11. The van der Waals surface area contributed by atoms with E-state index in [1.54, 1.807) is 7.11 Å². The minimum Gasteiger partial charge on any atom is -0.497 e. The van der Waals surface area contributed by atoms with Gasteiger partial charge in [-0.15, -0.1) is 0 Å². The minimum absolute atomic E-state index is 0.116. The van der Waals surface area contributed by atoms with Crippen molar-refractivity contribution in [3.63, 3.8) is 0 Å². The van der Waals surface area contributed by atoms with Crippen LogP contribution < -0.4 is 4.74 Å². The molecule has 6 nitrogen and oxygen atoms in total. The third kappa shape index (κ3) is 3.98. The fraction of sp³-hybridized carbons (Fsp3) is 0.300. The van der Waals surface area contributed by atoms with E-state index in [0.717, 1.165) is 16.9 Å². The Morgan fingerprint density at radius 2 is 1.93 bits per heavy atom. The zero-order valence-corrected chi connectivity index (χ0v) is 15.6. The average Bonchev–Trinajstić information content (AvgIpc) is 3.30. The molecule has 1 aromatic heterocycles. The van der Waals surface area contributed by atoms with Crippen LogP contribution in [0.3, 0.4) is 0 Å². The van der Waals surface area contributed by atoms with Crippen molar-refractivity contribution in [3.05, 3.63) is 65.0 Å². The number of rotatable bonds is 5. The van der Waals surface area contributed by atoms with Crippen molar-refractivity contribution < 1.29 is 14.4 Å². The number of methoxy groups -OCH3 is 1. The van der Waals surface area contributed by atoms with E-state index in [1.807, 2.05) is 48.5 Å². The summed E-state index contributed by atoms with van der Waals surface area (Å²) in [6, 6.07) is 15.1. The number of aromatic nitrogens is 2. The smallest absolute Gasteiger partial charge is 0.244 e. The maximum absolute atomic E-state index is 10.2. The molecule has 1 saturated heterocycles. The number of halogens is 1. The van der Waals surface area contributed by atoms with Gasteiger partial charge in [0.2, 0.25) is 11.7 Å². The van der Waals surface area contributed by atoms with Gasteiger partial charge < -0.3 is 14.4 Å². The van der Waals surface area contributed by atoms with Crippen LogP contribution in [0.1, 0.15) is 23.9 Å². The Hall–Kier alpha value is -2.41. The second kappa shape index (κ2) is 7.68. The third-order valence-corrected chi connectivity index (χ3v) is 5.01. The van der Waals surface area contributed by atoms with Gasteiger partial charge in [-0.25, -0.2) is 0 Å². The van der Waals surface area contributed by atoms with Gasteiger partial charge in [-0.3, -0.25) is 4.90 Å². The van der Waals surface area contributed by atoms with Gasteiger partial charge in [0.25, 0.3) is 0 Å². The monoisotopic (exact) mass is 385 g/mol. The molecule has 140 valence electrons. The number of aliphatic hydroxyl groups excluding tert-OH is 1. The molecule has 1 fully saturated rings. The molecular weight excluding hydrogens is 366 g/mol. The van der Waals surface area contributed by atoms with Gasteiger partial charge in [0.05, 0.1) is 19.3 Å². The summed E-state index contributed by atoms with van der Waals surface area (Å²) in [4.78, 5) is 6.72. The molecule has 1 aliphatic rings. The van der Waals surface area contributed by atoms with E-state index >= 15 is 0 Å². The predicted octanol–water partition coefficient (Wildman–Crippen LogP) is 3.71.